The molecule has 0 bridgehead atoms. The maximum atomic E-state index is 12.4. The number of hydrogen-bond acceptors (Lipinski definition) is 9. The summed E-state index contributed by atoms with van der Waals surface area (Å²) in [7, 11) is 1.55. The molecule has 0 aliphatic carbocycles. The molecule has 1 amide bonds. The summed E-state index contributed by atoms with van der Waals surface area (Å²) >= 11 is 0. The Balaban J connectivity index is 0.000000709. The van der Waals surface area contributed by atoms with Gasteiger partial charge in [0.05, 0.1) is 30.5 Å². The number of fused-ring (bicyclic) bond motifs is 1. The number of piperidine rings is 1. The number of aromatic nitrogens is 4. The number of benzene rings is 1. The molecule has 0 atom stereocenters. The average molecular weight is 494 g/mol. The van der Waals surface area contributed by atoms with E-state index in [2.05, 4.69) is 20.6 Å². The van der Waals surface area contributed by atoms with Crippen molar-refractivity contribution in [3.8, 4) is 17.0 Å². The van der Waals surface area contributed by atoms with Crippen molar-refractivity contribution in [2.24, 2.45) is 0 Å². The fourth-order valence-corrected chi connectivity index (χ4v) is 4.04. The first-order valence-electron chi connectivity index (χ1n) is 11.3. The second-order valence-corrected chi connectivity index (χ2v) is 8.10. The molecule has 1 fully saturated rings. The number of methoxy groups -OCH3 is 1. The Hall–Kier alpha value is -4.45. The monoisotopic (exact) mass is 493 g/mol. The quantitative estimate of drug-likeness (QED) is 0.324. The summed E-state index contributed by atoms with van der Waals surface area (Å²) in [6, 6.07) is 8.93. The Morgan fingerprint density at radius 1 is 1.25 bits per heavy atom. The van der Waals surface area contributed by atoms with Gasteiger partial charge in [-0.1, -0.05) is 6.07 Å². The van der Waals surface area contributed by atoms with Crippen LogP contribution in [0.4, 0.5) is 11.5 Å². The molecule has 36 heavy (non-hydrogen) atoms. The average Bonchev–Trinajstić information content (AvgIpc) is 3.54. The minimum atomic E-state index is -0.833. The predicted molar refractivity (Wildman–Crippen MR) is 133 cm³/mol. The Morgan fingerprint density at radius 3 is 2.67 bits per heavy atom. The highest BCUT2D eigenvalue weighted by molar-refractivity contribution is 6.04. The molecule has 1 aliphatic heterocycles. The van der Waals surface area contributed by atoms with Crippen LogP contribution in [0.5, 0.6) is 5.75 Å². The molecule has 0 saturated carbocycles. The van der Waals surface area contributed by atoms with E-state index >= 15 is 0 Å². The van der Waals surface area contributed by atoms with Crippen LogP contribution in [0.15, 0.2) is 47.3 Å². The second-order valence-electron chi connectivity index (χ2n) is 8.10. The Morgan fingerprint density at radius 2 is 2.00 bits per heavy atom. The Kier molecular flexibility index (Phi) is 7.44. The van der Waals surface area contributed by atoms with Gasteiger partial charge in [-0.3, -0.25) is 9.59 Å². The molecule has 4 heterocycles. The molecule has 5 N–H and O–H groups in total. The van der Waals surface area contributed by atoms with E-state index in [0.717, 1.165) is 38.4 Å². The van der Waals surface area contributed by atoms with Crippen molar-refractivity contribution in [1.82, 2.24) is 25.1 Å². The number of nitrogens with two attached hydrogens (primary N) is 1. The summed E-state index contributed by atoms with van der Waals surface area (Å²) in [5, 5.41) is 19.2. The van der Waals surface area contributed by atoms with Gasteiger partial charge in [0.2, 0.25) is 0 Å². The number of anilines is 2. The van der Waals surface area contributed by atoms with Gasteiger partial charge in [0, 0.05) is 12.5 Å². The molecular formula is C24H27N7O5. The second kappa shape index (κ2) is 10.9. The SMILES string of the molecule is CC(=O)O.COc1cc(-c2nn(C3CCNCC3)c3ncnc(N)c23)ccc1NC(=O)c1ccco1. The lowest BCUT2D eigenvalue weighted by Gasteiger charge is -2.23. The van der Waals surface area contributed by atoms with Crippen molar-refractivity contribution < 1.29 is 23.8 Å². The van der Waals surface area contributed by atoms with Gasteiger partial charge in [-0.2, -0.15) is 5.10 Å². The predicted octanol–water partition coefficient (Wildman–Crippen LogP) is 2.94. The van der Waals surface area contributed by atoms with Gasteiger partial charge in [-0.15, -0.1) is 0 Å². The zero-order valence-corrected chi connectivity index (χ0v) is 19.9. The number of aliphatic carboxylic acids is 1. The smallest absolute Gasteiger partial charge is 0.300 e. The largest absolute Gasteiger partial charge is 0.495 e. The van der Waals surface area contributed by atoms with E-state index < -0.39 is 5.97 Å². The number of carbonyl (C=O) groups is 2. The zero-order chi connectivity index (χ0) is 25.7. The molecule has 5 rings (SSSR count). The summed E-state index contributed by atoms with van der Waals surface area (Å²) in [4.78, 5) is 30.0. The number of nitrogens with one attached hydrogen (secondary N) is 2. The van der Waals surface area contributed by atoms with Gasteiger partial charge in [0.15, 0.2) is 11.4 Å². The van der Waals surface area contributed by atoms with E-state index in [4.69, 9.17) is 29.9 Å². The lowest BCUT2D eigenvalue weighted by Crippen LogP contribution is -2.30. The Bertz CT molecular complexity index is 1360. The zero-order valence-electron chi connectivity index (χ0n) is 19.9. The summed E-state index contributed by atoms with van der Waals surface area (Å²) < 4.78 is 12.7. The maximum Gasteiger partial charge on any atom is 0.300 e. The van der Waals surface area contributed by atoms with E-state index in [1.54, 1.807) is 25.3 Å². The normalized spacial score (nSPS) is 13.6. The van der Waals surface area contributed by atoms with Crippen molar-refractivity contribution in [2.75, 3.05) is 31.2 Å². The van der Waals surface area contributed by atoms with Gasteiger partial charge >= 0.3 is 0 Å². The lowest BCUT2D eigenvalue weighted by molar-refractivity contribution is -0.134. The number of ether oxygens (including phenoxy) is 1. The molecule has 1 aromatic carbocycles. The van der Waals surface area contributed by atoms with E-state index in [1.165, 1.54) is 12.6 Å². The third kappa shape index (κ3) is 5.28. The van der Waals surface area contributed by atoms with E-state index in [0.29, 0.717) is 34.0 Å². The van der Waals surface area contributed by atoms with Crippen LogP contribution in [-0.2, 0) is 4.79 Å². The number of amides is 1. The lowest BCUT2D eigenvalue weighted by atomic mass is 10.1. The van der Waals surface area contributed by atoms with Crippen molar-refractivity contribution in [3.05, 3.63) is 48.7 Å². The van der Waals surface area contributed by atoms with Gasteiger partial charge < -0.3 is 30.6 Å². The highest BCUT2D eigenvalue weighted by atomic mass is 16.5. The van der Waals surface area contributed by atoms with Crippen LogP contribution in [0.1, 0.15) is 36.4 Å². The Labute approximate surface area is 206 Å². The van der Waals surface area contributed by atoms with E-state index in [1.807, 2.05) is 16.8 Å². The van der Waals surface area contributed by atoms with Crippen LogP contribution in [0, 0.1) is 0 Å². The van der Waals surface area contributed by atoms with Gasteiger partial charge in [0.25, 0.3) is 11.9 Å². The number of rotatable bonds is 5. The fraction of sp³-hybridized carbons (Fsp3) is 0.292. The molecule has 1 saturated heterocycles. The van der Waals surface area contributed by atoms with Gasteiger partial charge in [-0.25, -0.2) is 14.6 Å². The van der Waals surface area contributed by atoms with Gasteiger partial charge in [-0.05, 0) is 50.2 Å². The third-order valence-corrected chi connectivity index (χ3v) is 5.64. The minimum absolute atomic E-state index is 0.216. The first kappa shape index (κ1) is 24.7. The number of carboxylic acid groups (broad SMARTS) is 1. The van der Waals surface area contributed by atoms with Crippen LogP contribution in [-0.4, -0.2) is 56.9 Å². The molecule has 1 aliphatic rings. The van der Waals surface area contributed by atoms with Crippen LogP contribution >= 0.6 is 0 Å². The molecule has 0 radical (unpaired) electrons. The highest BCUT2D eigenvalue weighted by Crippen LogP contribution is 2.37. The molecule has 3 aromatic heterocycles. The summed E-state index contributed by atoms with van der Waals surface area (Å²) in [6.45, 7) is 2.94. The fourth-order valence-electron chi connectivity index (χ4n) is 4.04. The molecule has 12 nitrogen and oxygen atoms in total. The summed E-state index contributed by atoms with van der Waals surface area (Å²) in [6.07, 6.45) is 4.84. The van der Waals surface area contributed by atoms with Crippen molar-refractivity contribution in [2.45, 2.75) is 25.8 Å². The number of carboxylic acids is 1. The number of hydrogen-bond donors (Lipinski definition) is 4. The maximum absolute atomic E-state index is 12.4. The van der Waals surface area contributed by atoms with Crippen molar-refractivity contribution in [3.63, 3.8) is 0 Å². The van der Waals surface area contributed by atoms with Crippen LogP contribution < -0.4 is 21.1 Å². The number of furan rings is 1. The van der Waals surface area contributed by atoms with E-state index in [9.17, 15) is 4.79 Å². The first-order chi connectivity index (χ1) is 17.4. The van der Waals surface area contributed by atoms with E-state index in [-0.39, 0.29) is 17.7 Å². The third-order valence-electron chi connectivity index (χ3n) is 5.64. The summed E-state index contributed by atoms with van der Waals surface area (Å²) in [5.74, 6) is -0.117. The van der Waals surface area contributed by atoms with Crippen molar-refractivity contribution in [1.29, 1.82) is 0 Å². The first-order valence-corrected chi connectivity index (χ1v) is 11.3. The molecule has 0 unspecified atom stereocenters. The topological polar surface area (TPSA) is 170 Å². The minimum Gasteiger partial charge on any atom is -0.495 e. The van der Waals surface area contributed by atoms with Gasteiger partial charge in [0.1, 0.15) is 23.6 Å². The molecular weight excluding hydrogens is 466 g/mol. The van der Waals surface area contributed by atoms with Crippen LogP contribution in [0.25, 0.3) is 22.3 Å². The van der Waals surface area contributed by atoms with Crippen LogP contribution in [0.2, 0.25) is 0 Å². The number of nitrogen functional groups attached to an aromatic ring is 1. The standard InChI is InChI=1S/C22H23N7O3.C2H4O2/c1-31-17-11-13(4-5-15(17)27-22(30)16-3-2-10-32-16)19-18-20(23)25-12-26-21(18)29(28-19)14-6-8-24-9-7-14;1-2(3)4/h2-5,10-12,14,24H,6-9H2,1H3,(H,27,30)(H2,23,25,26);1H3,(H,3,4). The molecule has 12 heteroatoms. The number of nitrogens with zero attached hydrogens (tertiary/aromatic N) is 4. The summed E-state index contributed by atoms with van der Waals surface area (Å²) in [5.41, 5.74) is 8.94. The molecule has 0 spiro atoms. The number of carbonyl (C=O) groups excluding carboxylic acids is 1. The van der Waals surface area contributed by atoms with Crippen LogP contribution in [0.3, 0.4) is 0 Å². The highest BCUT2D eigenvalue weighted by Gasteiger charge is 2.24. The molecule has 188 valence electrons. The van der Waals surface area contributed by atoms with Crippen molar-refractivity contribution >= 4 is 34.4 Å². The molecule has 4 aromatic rings.